The minimum Gasteiger partial charge on any atom is -0.322 e. The zero-order valence-corrected chi connectivity index (χ0v) is 10.7. The molecule has 0 bridgehead atoms. The largest absolute Gasteiger partial charge is 0.322 e. The van der Waals surface area contributed by atoms with Gasteiger partial charge in [0.05, 0.1) is 5.69 Å². The summed E-state index contributed by atoms with van der Waals surface area (Å²) in [4.78, 5) is 16.3. The number of hydrogen-bond acceptors (Lipinski definition) is 3. The molecular formula is C15H15N3O. The molecule has 96 valence electrons. The van der Waals surface area contributed by atoms with E-state index in [1.54, 1.807) is 12.4 Å². The van der Waals surface area contributed by atoms with Crippen LogP contribution in [0, 0.1) is 0 Å². The second-order valence-corrected chi connectivity index (χ2v) is 4.69. The van der Waals surface area contributed by atoms with Gasteiger partial charge in [-0.05, 0) is 30.0 Å². The molecule has 4 heteroatoms. The van der Waals surface area contributed by atoms with Gasteiger partial charge in [-0.1, -0.05) is 12.1 Å². The molecular weight excluding hydrogens is 238 g/mol. The average molecular weight is 253 g/mol. The molecule has 4 nitrogen and oxygen atoms in total. The van der Waals surface area contributed by atoms with Crippen LogP contribution in [0.15, 0.2) is 47.8 Å². The highest BCUT2D eigenvalue weighted by Crippen LogP contribution is 2.23. The van der Waals surface area contributed by atoms with E-state index in [1.807, 2.05) is 31.2 Å². The number of hydrogen-bond donors (Lipinski definition) is 2. The zero-order valence-electron chi connectivity index (χ0n) is 10.7. The molecule has 2 aromatic rings. The second kappa shape index (κ2) is 4.82. The fourth-order valence-electron chi connectivity index (χ4n) is 2.11. The molecule has 2 N–H and O–H groups in total. The van der Waals surface area contributed by atoms with E-state index in [0.717, 1.165) is 35.1 Å². The molecule has 0 aliphatic carbocycles. The van der Waals surface area contributed by atoms with Crippen LogP contribution in [0.3, 0.4) is 0 Å². The van der Waals surface area contributed by atoms with Gasteiger partial charge in [0.2, 0.25) is 0 Å². The Labute approximate surface area is 111 Å². The maximum Gasteiger partial charge on any atom is 0.251 e. The maximum absolute atomic E-state index is 12.2. The fourth-order valence-corrected chi connectivity index (χ4v) is 2.11. The molecule has 0 saturated carbocycles. The molecule has 0 spiro atoms. The van der Waals surface area contributed by atoms with Gasteiger partial charge < -0.3 is 10.6 Å². The van der Waals surface area contributed by atoms with Crippen LogP contribution in [0.2, 0.25) is 0 Å². The van der Waals surface area contributed by atoms with Crippen LogP contribution in [0.1, 0.15) is 6.92 Å². The topological polar surface area (TPSA) is 54.0 Å². The summed E-state index contributed by atoms with van der Waals surface area (Å²) < 4.78 is 0. The first-order valence-corrected chi connectivity index (χ1v) is 6.29. The summed E-state index contributed by atoms with van der Waals surface area (Å²) in [5.41, 5.74) is 2.79. The molecule has 1 aromatic heterocycles. The Balaban J connectivity index is 1.91. The van der Waals surface area contributed by atoms with Crippen LogP contribution in [0.4, 0.5) is 5.69 Å². The number of amides is 1. The number of fused-ring (bicyclic) bond motifs is 1. The molecule has 1 saturated heterocycles. The number of benzene rings is 1. The molecule has 1 aliphatic heterocycles. The van der Waals surface area contributed by atoms with E-state index >= 15 is 0 Å². The Hall–Kier alpha value is -2.20. The normalized spacial score (nSPS) is 14.1. The Kier molecular flexibility index (Phi) is 3.01. The standard InChI is InChI=1S/C15H15N3O/c1-10(12-7-17-8-12)15(19)18-14-4-2-3-11-5-6-16-9-13(11)14/h2-6,9,17H,7-8H2,1H3,(H,18,19). The quantitative estimate of drug-likeness (QED) is 0.806. The SMILES string of the molecule is CC(C(=O)Nc1cccc2ccncc12)=C1CNC1. The highest BCUT2D eigenvalue weighted by atomic mass is 16.1. The van der Waals surface area contributed by atoms with E-state index in [4.69, 9.17) is 0 Å². The lowest BCUT2D eigenvalue weighted by atomic mass is 10.0. The van der Waals surface area contributed by atoms with Gasteiger partial charge in [-0.25, -0.2) is 0 Å². The van der Waals surface area contributed by atoms with Crippen LogP contribution in [-0.4, -0.2) is 24.0 Å². The molecule has 1 aliphatic rings. The van der Waals surface area contributed by atoms with Crippen molar-refractivity contribution in [1.29, 1.82) is 0 Å². The van der Waals surface area contributed by atoms with Crippen molar-refractivity contribution in [1.82, 2.24) is 10.3 Å². The molecule has 0 unspecified atom stereocenters. The van der Waals surface area contributed by atoms with Gasteiger partial charge in [0, 0.05) is 36.4 Å². The van der Waals surface area contributed by atoms with Crippen molar-refractivity contribution in [3.05, 3.63) is 47.8 Å². The van der Waals surface area contributed by atoms with Crippen molar-refractivity contribution in [2.24, 2.45) is 0 Å². The smallest absolute Gasteiger partial charge is 0.251 e. The predicted octanol–water partition coefficient (Wildman–Crippen LogP) is 2.09. The third-order valence-electron chi connectivity index (χ3n) is 3.48. The lowest BCUT2D eigenvalue weighted by Gasteiger charge is -2.21. The van der Waals surface area contributed by atoms with E-state index < -0.39 is 0 Å². The van der Waals surface area contributed by atoms with Crippen LogP contribution in [0.25, 0.3) is 10.8 Å². The van der Waals surface area contributed by atoms with E-state index in [1.165, 1.54) is 5.57 Å². The summed E-state index contributed by atoms with van der Waals surface area (Å²) in [6.45, 7) is 3.50. The second-order valence-electron chi connectivity index (χ2n) is 4.69. The van der Waals surface area contributed by atoms with Gasteiger partial charge in [-0.3, -0.25) is 9.78 Å². The summed E-state index contributed by atoms with van der Waals surface area (Å²) in [5, 5.41) is 8.15. The first-order valence-electron chi connectivity index (χ1n) is 6.29. The van der Waals surface area contributed by atoms with Gasteiger partial charge in [-0.2, -0.15) is 0 Å². The molecule has 1 aromatic carbocycles. The fraction of sp³-hybridized carbons (Fsp3) is 0.200. The van der Waals surface area contributed by atoms with Crippen LogP contribution < -0.4 is 10.6 Å². The van der Waals surface area contributed by atoms with Crippen LogP contribution in [-0.2, 0) is 4.79 Å². The maximum atomic E-state index is 12.2. The highest BCUT2D eigenvalue weighted by Gasteiger charge is 2.16. The highest BCUT2D eigenvalue weighted by molar-refractivity contribution is 6.08. The molecule has 3 rings (SSSR count). The molecule has 2 heterocycles. The first kappa shape index (κ1) is 11.9. The van der Waals surface area contributed by atoms with E-state index in [-0.39, 0.29) is 5.91 Å². The Bertz CT molecular complexity index is 665. The monoisotopic (exact) mass is 253 g/mol. The number of carbonyl (C=O) groups is 1. The predicted molar refractivity (Wildman–Crippen MR) is 75.9 cm³/mol. The molecule has 0 radical (unpaired) electrons. The average Bonchev–Trinajstić information content (AvgIpc) is 2.37. The van der Waals surface area contributed by atoms with Crippen molar-refractivity contribution < 1.29 is 4.79 Å². The summed E-state index contributed by atoms with van der Waals surface area (Å²) in [6, 6.07) is 7.78. The van der Waals surface area contributed by atoms with E-state index in [9.17, 15) is 4.79 Å². The third kappa shape index (κ3) is 2.22. The van der Waals surface area contributed by atoms with E-state index in [2.05, 4.69) is 15.6 Å². The minimum absolute atomic E-state index is 0.0344. The van der Waals surface area contributed by atoms with Crippen molar-refractivity contribution in [2.75, 3.05) is 18.4 Å². The number of anilines is 1. The molecule has 1 fully saturated rings. The molecule has 19 heavy (non-hydrogen) atoms. The van der Waals surface area contributed by atoms with E-state index in [0.29, 0.717) is 0 Å². The van der Waals surface area contributed by atoms with Gasteiger partial charge in [0.25, 0.3) is 5.91 Å². The number of aromatic nitrogens is 1. The number of nitrogens with one attached hydrogen (secondary N) is 2. The zero-order chi connectivity index (χ0) is 13.2. The number of nitrogens with zero attached hydrogens (tertiary/aromatic N) is 1. The van der Waals surface area contributed by atoms with Crippen molar-refractivity contribution in [2.45, 2.75) is 6.92 Å². The summed E-state index contributed by atoms with van der Waals surface area (Å²) in [6.07, 6.45) is 3.53. The molecule has 0 atom stereocenters. The lowest BCUT2D eigenvalue weighted by molar-refractivity contribution is -0.112. The van der Waals surface area contributed by atoms with Crippen LogP contribution in [0.5, 0.6) is 0 Å². The number of pyridine rings is 1. The Morgan fingerprint density at radius 2 is 2.16 bits per heavy atom. The summed E-state index contributed by atoms with van der Waals surface area (Å²) in [7, 11) is 0. The molecule has 1 amide bonds. The van der Waals surface area contributed by atoms with Crippen molar-refractivity contribution in [3.63, 3.8) is 0 Å². The minimum atomic E-state index is -0.0344. The Morgan fingerprint density at radius 1 is 1.32 bits per heavy atom. The van der Waals surface area contributed by atoms with Crippen molar-refractivity contribution in [3.8, 4) is 0 Å². The van der Waals surface area contributed by atoms with Crippen molar-refractivity contribution >= 4 is 22.4 Å². The first-order chi connectivity index (χ1) is 9.25. The van der Waals surface area contributed by atoms with Gasteiger partial charge >= 0.3 is 0 Å². The third-order valence-corrected chi connectivity index (χ3v) is 3.48. The van der Waals surface area contributed by atoms with Gasteiger partial charge in [0.15, 0.2) is 0 Å². The summed E-state index contributed by atoms with van der Waals surface area (Å²) >= 11 is 0. The lowest BCUT2D eigenvalue weighted by Crippen LogP contribution is -2.36. The Morgan fingerprint density at radius 3 is 2.89 bits per heavy atom. The summed E-state index contributed by atoms with van der Waals surface area (Å²) in [5.74, 6) is -0.0344. The van der Waals surface area contributed by atoms with Gasteiger partial charge in [0.1, 0.15) is 0 Å². The van der Waals surface area contributed by atoms with Crippen LogP contribution >= 0.6 is 0 Å². The number of carbonyl (C=O) groups excluding carboxylic acids is 1. The number of rotatable bonds is 2. The van der Waals surface area contributed by atoms with Gasteiger partial charge in [-0.15, -0.1) is 0 Å².